The predicted octanol–water partition coefficient (Wildman–Crippen LogP) is 2.97. The molecule has 2 nitrogen and oxygen atoms in total. The molecule has 0 aromatic heterocycles. The van der Waals surface area contributed by atoms with Crippen LogP contribution < -0.4 is 0 Å². The maximum absolute atomic E-state index is 13.1. The van der Waals surface area contributed by atoms with Crippen molar-refractivity contribution in [3.63, 3.8) is 0 Å². The number of benzene rings is 2. The topological polar surface area (TPSA) is 20.3 Å². The van der Waals surface area contributed by atoms with Gasteiger partial charge in [0.25, 0.3) is 0 Å². The minimum absolute atomic E-state index is 0.0709. The second-order valence-corrected chi connectivity index (χ2v) is 5.19. The van der Waals surface area contributed by atoms with Crippen LogP contribution in [0.4, 0.5) is 4.39 Å². The number of likely N-dealkylation sites (N-methyl/N-ethyl adjacent to an activating group) is 1. The van der Waals surface area contributed by atoms with E-state index in [1.807, 2.05) is 25.2 Å². The molecule has 1 amide bonds. The number of nitrogens with zero attached hydrogens (tertiary/aromatic N) is 1. The van der Waals surface area contributed by atoms with Crippen molar-refractivity contribution in [2.45, 2.75) is 12.3 Å². The van der Waals surface area contributed by atoms with Crippen LogP contribution in [0.2, 0.25) is 0 Å². The Kier molecular flexibility index (Phi) is 3.26. The molecule has 0 unspecified atom stereocenters. The van der Waals surface area contributed by atoms with Gasteiger partial charge in [0, 0.05) is 13.6 Å². The van der Waals surface area contributed by atoms with Crippen molar-refractivity contribution in [1.29, 1.82) is 0 Å². The predicted molar refractivity (Wildman–Crippen MR) is 76.0 cm³/mol. The standard InChI is InChI=1S/C17H16FNO/c1-19-11-10-12-4-2-3-5-15(12)16(17(19)20)13-6-8-14(18)9-7-13/h2-9,16H,10-11H2,1H3/t16-/m1/s1. The Balaban J connectivity index is 2.14. The highest BCUT2D eigenvalue weighted by atomic mass is 19.1. The van der Waals surface area contributed by atoms with Gasteiger partial charge in [-0.1, -0.05) is 36.4 Å². The van der Waals surface area contributed by atoms with Crippen LogP contribution in [-0.2, 0) is 11.2 Å². The zero-order chi connectivity index (χ0) is 14.1. The molecule has 0 fully saturated rings. The Morgan fingerprint density at radius 2 is 1.80 bits per heavy atom. The van der Waals surface area contributed by atoms with Crippen molar-refractivity contribution in [1.82, 2.24) is 4.90 Å². The number of hydrogen-bond donors (Lipinski definition) is 0. The number of hydrogen-bond acceptors (Lipinski definition) is 1. The molecule has 0 spiro atoms. The first-order valence-corrected chi connectivity index (χ1v) is 6.75. The van der Waals surface area contributed by atoms with Gasteiger partial charge in [-0.05, 0) is 35.2 Å². The summed E-state index contributed by atoms with van der Waals surface area (Å²) in [7, 11) is 1.82. The van der Waals surface area contributed by atoms with E-state index in [2.05, 4.69) is 6.07 Å². The summed E-state index contributed by atoms with van der Waals surface area (Å²) in [6.07, 6.45) is 0.857. The first kappa shape index (κ1) is 12.9. The third-order valence-corrected chi connectivity index (χ3v) is 3.91. The summed E-state index contributed by atoms with van der Waals surface area (Å²) in [4.78, 5) is 14.4. The molecule has 0 aliphatic carbocycles. The zero-order valence-electron chi connectivity index (χ0n) is 11.3. The highest BCUT2D eigenvalue weighted by Gasteiger charge is 2.30. The molecular weight excluding hydrogens is 253 g/mol. The molecule has 0 radical (unpaired) electrons. The highest BCUT2D eigenvalue weighted by Crippen LogP contribution is 2.31. The molecule has 1 aliphatic rings. The summed E-state index contributed by atoms with van der Waals surface area (Å²) in [5.74, 6) is -0.544. The molecular formula is C17H16FNO. The van der Waals surface area contributed by atoms with Crippen molar-refractivity contribution < 1.29 is 9.18 Å². The molecule has 3 rings (SSSR count). The first-order chi connectivity index (χ1) is 9.66. The molecule has 1 heterocycles. The quantitative estimate of drug-likeness (QED) is 0.779. The van der Waals surface area contributed by atoms with Gasteiger partial charge in [0.2, 0.25) is 5.91 Å². The van der Waals surface area contributed by atoms with Crippen LogP contribution >= 0.6 is 0 Å². The van der Waals surface area contributed by atoms with Gasteiger partial charge < -0.3 is 4.90 Å². The van der Waals surface area contributed by atoms with Gasteiger partial charge in [-0.3, -0.25) is 4.79 Å². The normalized spacial score (nSPS) is 18.6. The Morgan fingerprint density at radius 1 is 1.10 bits per heavy atom. The monoisotopic (exact) mass is 269 g/mol. The third-order valence-electron chi connectivity index (χ3n) is 3.91. The van der Waals surface area contributed by atoms with Crippen LogP contribution in [0.25, 0.3) is 0 Å². The molecule has 2 aromatic carbocycles. The summed E-state index contributed by atoms with van der Waals surface area (Å²) in [5.41, 5.74) is 3.07. The van der Waals surface area contributed by atoms with Gasteiger partial charge in [0.05, 0.1) is 5.92 Å². The second-order valence-electron chi connectivity index (χ2n) is 5.19. The zero-order valence-corrected chi connectivity index (χ0v) is 11.3. The van der Waals surface area contributed by atoms with Crippen LogP contribution in [0.1, 0.15) is 22.6 Å². The van der Waals surface area contributed by atoms with Crippen LogP contribution in [0.5, 0.6) is 0 Å². The Morgan fingerprint density at radius 3 is 2.55 bits per heavy atom. The van der Waals surface area contributed by atoms with Gasteiger partial charge in [-0.2, -0.15) is 0 Å². The highest BCUT2D eigenvalue weighted by molar-refractivity contribution is 5.88. The lowest BCUT2D eigenvalue weighted by Crippen LogP contribution is -2.31. The van der Waals surface area contributed by atoms with E-state index in [9.17, 15) is 9.18 Å². The smallest absolute Gasteiger partial charge is 0.234 e. The van der Waals surface area contributed by atoms with E-state index in [0.717, 1.165) is 17.5 Å². The maximum Gasteiger partial charge on any atom is 0.234 e. The number of rotatable bonds is 1. The lowest BCUT2D eigenvalue weighted by Gasteiger charge is -2.21. The summed E-state index contributed by atoms with van der Waals surface area (Å²) in [6, 6.07) is 14.2. The van der Waals surface area contributed by atoms with Crippen molar-refractivity contribution in [2.24, 2.45) is 0 Å². The van der Waals surface area contributed by atoms with Crippen LogP contribution in [0.15, 0.2) is 48.5 Å². The van der Waals surface area contributed by atoms with Crippen molar-refractivity contribution in [3.8, 4) is 0 Å². The fraction of sp³-hybridized carbons (Fsp3) is 0.235. The Hall–Kier alpha value is -2.16. The van der Waals surface area contributed by atoms with Crippen molar-refractivity contribution in [2.75, 3.05) is 13.6 Å². The number of halogens is 1. The average molecular weight is 269 g/mol. The van der Waals surface area contributed by atoms with Gasteiger partial charge in [-0.15, -0.1) is 0 Å². The molecule has 0 saturated carbocycles. The molecule has 0 saturated heterocycles. The van der Waals surface area contributed by atoms with E-state index in [1.165, 1.54) is 17.7 Å². The lowest BCUT2D eigenvalue weighted by atomic mass is 9.87. The molecule has 0 N–H and O–H groups in total. The van der Waals surface area contributed by atoms with Gasteiger partial charge in [-0.25, -0.2) is 4.39 Å². The number of carbonyl (C=O) groups is 1. The number of carbonyl (C=O) groups excluding carboxylic acids is 1. The fourth-order valence-corrected chi connectivity index (χ4v) is 2.77. The van der Waals surface area contributed by atoms with Crippen molar-refractivity contribution >= 4 is 5.91 Å². The molecule has 1 aliphatic heterocycles. The van der Waals surface area contributed by atoms with Crippen LogP contribution in [0.3, 0.4) is 0 Å². The Labute approximate surface area is 117 Å². The van der Waals surface area contributed by atoms with Crippen molar-refractivity contribution in [3.05, 3.63) is 71.0 Å². The lowest BCUT2D eigenvalue weighted by molar-refractivity contribution is -0.130. The largest absolute Gasteiger partial charge is 0.345 e. The van der Waals surface area contributed by atoms with Crippen LogP contribution in [0, 0.1) is 5.82 Å². The first-order valence-electron chi connectivity index (χ1n) is 6.75. The van der Waals surface area contributed by atoms with E-state index in [1.54, 1.807) is 17.0 Å². The van der Waals surface area contributed by atoms with E-state index in [4.69, 9.17) is 0 Å². The molecule has 1 atom stereocenters. The molecule has 2 aromatic rings. The fourth-order valence-electron chi connectivity index (χ4n) is 2.77. The minimum atomic E-state index is -0.334. The summed E-state index contributed by atoms with van der Waals surface area (Å²) < 4.78 is 13.1. The van der Waals surface area contributed by atoms with Crippen LogP contribution in [-0.4, -0.2) is 24.4 Å². The van der Waals surface area contributed by atoms with Gasteiger partial charge in [0.1, 0.15) is 5.82 Å². The van der Waals surface area contributed by atoms with E-state index in [0.29, 0.717) is 6.54 Å². The molecule has 102 valence electrons. The Bertz CT molecular complexity index is 636. The maximum atomic E-state index is 13.1. The summed E-state index contributed by atoms with van der Waals surface area (Å²) >= 11 is 0. The average Bonchev–Trinajstić information content (AvgIpc) is 2.59. The number of amides is 1. The van der Waals surface area contributed by atoms with Gasteiger partial charge >= 0.3 is 0 Å². The minimum Gasteiger partial charge on any atom is -0.345 e. The number of fused-ring (bicyclic) bond motifs is 1. The second kappa shape index (κ2) is 5.08. The molecule has 0 bridgehead atoms. The van der Waals surface area contributed by atoms with E-state index in [-0.39, 0.29) is 17.6 Å². The SMILES string of the molecule is CN1CCc2ccccc2[C@@H](c2ccc(F)cc2)C1=O. The van der Waals surface area contributed by atoms with E-state index < -0.39 is 0 Å². The third kappa shape index (κ3) is 2.20. The van der Waals surface area contributed by atoms with E-state index >= 15 is 0 Å². The summed E-state index contributed by atoms with van der Waals surface area (Å²) in [6.45, 7) is 0.716. The summed E-state index contributed by atoms with van der Waals surface area (Å²) in [5, 5.41) is 0. The van der Waals surface area contributed by atoms with Gasteiger partial charge in [0.15, 0.2) is 0 Å². The molecule has 20 heavy (non-hydrogen) atoms. The molecule has 3 heteroatoms.